The van der Waals surface area contributed by atoms with Crippen molar-refractivity contribution in [2.24, 2.45) is 0 Å². The summed E-state index contributed by atoms with van der Waals surface area (Å²) < 4.78 is 10.8. The van der Waals surface area contributed by atoms with Gasteiger partial charge in [0.2, 0.25) is 5.76 Å². The van der Waals surface area contributed by atoms with Gasteiger partial charge in [-0.1, -0.05) is 18.2 Å². The largest absolute Gasteiger partial charge is 0.449 e. The van der Waals surface area contributed by atoms with Gasteiger partial charge in [0.25, 0.3) is 0 Å². The minimum absolute atomic E-state index is 0.208. The van der Waals surface area contributed by atoms with E-state index in [1.165, 1.54) is 0 Å². The van der Waals surface area contributed by atoms with E-state index in [9.17, 15) is 4.79 Å². The summed E-state index contributed by atoms with van der Waals surface area (Å²) in [5.74, 6) is 0.228. The molecule has 0 aliphatic rings. The summed E-state index contributed by atoms with van der Waals surface area (Å²) in [7, 11) is 0. The van der Waals surface area contributed by atoms with Crippen LogP contribution in [0.5, 0.6) is 5.75 Å². The SMILES string of the molecule is CSc1ccc(OC(=O)c2cc3ccccc3o2)cc1. The number of carbonyl (C=O) groups is 1. The lowest BCUT2D eigenvalue weighted by molar-refractivity contribution is 0.0704. The summed E-state index contributed by atoms with van der Waals surface area (Å²) in [5.41, 5.74) is 0.678. The third-order valence-corrected chi connectivity index (χ3v) is 3.64. The van der Waals surface area contributed by atoms with E-state index in [1.54, 1.807) is 30.0 Å². The fraction of sp³-hybridized carbons (Fsp3) is 0.0625. The molecule has 0 radical (unpaired) electrons. The predicted molar refractivity (Wildman–Crippen MR) is 79.4 cm³/mol. The molecule has 0 fully saturated rings. The topological polar surface area (TPSA) is 39.4 Å². The summed E-state index contributed by atoms with van der Waals surface area (Å²) in [6, 6.07) is 16.5. The molecule has 0 saturated heterocycles. The van der Waals surface area contributed by atoms with Crippen LogP contribution >= 0.6 is 11.8 Å². The van der Waals surface area contributed by atoms with Crippen LogP contribution in [0.3, 0.4) is 0 Å². The zero-order valence-corrected chi connectivity index (χ0v) is 11.6. The molecule has 2 aromatic carbocycles. The molecule has 0 bridgehead atoms. The Morgan fingerprint density at radius 2 is 1.85 bits per heavy atom. The Balaban J connectivity index is 1.81. The van der Waals surface area contributed by atoms with Gasteiger partial charge in [0.1, 0.15) is 11.3 Å². The molecule has 0 amide bonds. The molecule has 0 spiro atoms. The highest BCUT2D eigenvalue weighted by molar-refractivity contribution is 7.98. The van der Waals surface area contributed by atoms with Crippen molar-refractivity contribution in [3.05, 3.63) is 60.4 Å². The summed E-state index contributed by atoms with van der Waals surface area (Å²) >= 11 is 1.64. The van der Waals surface area contributed by atoms with Crippen LogP contribution in [0.1, 0.15) is 10.6 Å². The number of esters is 1. The second-order valence-corrected chi connectivity index (χ2v) is 5.09. The van der Waals surface area contributed by atoms with Crippen LogP contribution in [0, 0.1) is 0 Å². The van der Waals surface area contributed by atoms with Crippen LogP contribution in [0.4, 0.5) is 0 Å². The summed E-state index contributed by atoms with van der Waals surface area (Å²) in [6.45, 7) is 0. The molecule has 3 nitrogen and oxygen atoms in total. The Labute approximate surface area is 120 Å². The Morgan fingerprint density at radius 3 is 2.55 bits per heavy atom. The molecular formula is C16H12O3S. The van der Waals surface area contributed by atoms with Gasteiger partial charge < -0.3 is 9.15 Å². The van der Waals surface area contributed by atoms with Crippen LogP contribution in [0.2, 0.25) is 0 Å². The molecular weight excluding hydrogens is 272 g/mol. The maximum absolute atomic E-state index is 12.0. The number of hydrogen-bond donors (Lipinski definition) is 0. The van der Waals surface area contributed by atoms with Crippen molar-refractivity contribution in [2.75, 3.05) is 6.26 Å². The molecule has 0 saturated carbocycles. The lowest BCUT2D eigenvalue weighted by Crippen LogP contribution is -2.06. The maximum atomic E-state index is 12.0. The van der Waals surface area contributed by atoms with Crippen molar-refractivity contribution in [3.63, 3.8) is 0 Å². The van der Waals surface area contributed by atoms with Crippen molar-refractivity contribution in [1.82, 2.24) is 0 Å². The van der Waals surface area contributed by atoms with Crippen molar-refractivity contribution < 1.29 is 13.9 Å². The molecule has 0 aliphatic heterocycles. The first-order valence-corrected chi connectivity index (χ1v) is 7.33. The minimum Gasteiger partial charge on any atom is -0.449 e. The van der Waals surface area contributed by atoms with Gasteiger partial charge in [-0.2, -0.15) is 0 Å². The van der Waals surface area contributed by atoms with Crippen molar-refractivity contribution in [2.45, 2.75) is 4.90 Å². The number of furan rings is 1. The lowest BCUT2D eigenvalue weighted by atomic mass is 10.2. The highest BCUT2D eigenvalue weighted by Crippen LogP contribution is 2.22. The van der Waals surface area contributed by atoms with Crippen LogP contribution in [0.25, 0.3) is 11.0 Å². The highest BCUT2D eigenvalue weighted by Gasteiger charge is 2.14. The zero-order chi connectivity index (χ0) is 13.9. The van der Waals surface area contributed by atoms with Gasteiger partial charge in [0, 0.05) is 10.3 Å². The number of ether oxygens (including phenoxy) is 1. The van der Waals surface area contributed by atoms with Crippen LogP contribution in [-0.2, 0) is 0 Å². The minimum atomic E-state index is -0.488. The van der Waals surface area contributed by atoms with Crippen molar-refractivity contribution in [1.29, 1.82) is 0 Å². The van der Waals surface area contributed by atoms with E-state index >= 15 is 0 Å². The van der Waals surface area contributed by atoms with Crippen LogP contribution in [-0.4, -0.2) is 12.2 Å². The number of hydrogen-bond acceptors (Lipinski definition) is 4. The number of benzene rings is 2. The van der Waals surface area contributed by atoms with E-state index in [-0.39, 0.29) is 5.76 Å². The van der Waals surface area contributed by atoms with E-state index in [0.717, 1.165) is 10.3 Å². The molecule has 0 atom stereocenters. The van der Waals surface area contributed by atoms with Crippen molar-refractivity contribution in [3.8, 4) is 5.75 Å². The first-order valence-electron chi connectivity index (χ1n) is 6.11. The molecule has 0 unspecified atom stereocenters. The molecule has 3 aromatic rings. The normalized spacial score (nSPS) is 10.7. The van der Waals surface area contributed by atoms with E-state index in [2.05, 4.69) is 0 Å². The number of thioether (sulfide) groups is 1. The average molecular weight is 284 g/mol. The van der Waals surface area contributed by atoms with Crippen LogP contribution < -0.4 is 4.74 Å². The molecule has 1 aromatic heterocycles. The Morgan fingerprint density at radius 1 is 1.10 bits per heavy atom. The van der Waals surface area contributed by atoms with Gasteiger partial charge in [-0.05, 0) is 42.7 Å². The van der Waals surface area contributed by atoms with Crippen molar-refractivity contribution >= 4 is 28.7 Å². The summed E-state index contributed by atoms with van der Waals surface area (Å²) in [4.78, 5) is 13.1. The average Bonchev–Trinajstić information content (AvgIpc) is 2.92. The third kappa shape index (κ3) is 2.56. The number of fused-ring (bicyclic) bond motifs is 1. The van der Waals surface area contributed by atoms with Gasteiger partial charge >= 0.3 is 5.97 Å². The molecule has 0 aliphatic carbocycles. The van der Waals surface area contributed by atoms with E-state index in [0.29, 0.717) is 11.3 Å². The number of carbonyl (C=O) groups excluding carboxylic acids is 1. The predicted octanol–water partition coefficient (Wildman–Crippen LogP) is 4.37. The monoisotopic (exact) mass is 284 g/mol. The van der Waals surface area contributed by atoms with Gasteiger partial charge in [-0.15, -0.1) is 11.8 Å². The van der Waals surface area contributed by atoms with E-state index in [1.807, 2.05) is 42.7 Å². The maximum Gasteiger partial charge on any atom is 0.379 e. The van der Waals surface area contributed by atoms with Crippen LogP contribution in [0.15, 0.2) is 63.9 Å². The third-order valence-electron chi connectivity index (χ3n) is 2.90. The van der Waals surface area contributed by atoms with E-state index < -0.39 is 5.97 Å². The zero-order valence-electron chi connectivity index (χ0n) is 10.8. The first-order chi connectivity index (χ1) is 9.76. The molecule has 1 heterocycles. The molecule has 100 valence electrons. The number of para-hydroxylation sites is 1. The smallest absolute Gasteiger partial charge is 0.379 e. The fourth-order valence-corrected chi connectivity index (χ4v) is 2.29. The summed E-state index contributed by atoms with van der Waals surface area (Å²) in [5, 5.41) is 0.886. The Bertz CT molecular complexity index is 711. The highest BCUT2D eigenvalue weighted by atomic mass is 32.2. The number of rotatable bonds is 3. The first kappa shape index (κ1) is 12.8. The molecule has 3 rings (SSSR count). The van der Waals surface area contributed by atoms with Gasteiger partial charge in [0.15, 0.2) is 0 Å². The molecule has 0 N–H and O–H groups in total. The van der Waals surface area contributed by atoms with Gasteiger partial charge in [-0.25, -0.2) is 4.79 Å². The Hall–Kier alpha value is -2.20. The Kier molecular flexibility index (Phi) is 3.48. The molecule has 20 heavy (non-hydrogen) atoms. The summed E-state index contributed by atoms with van der Waals surface area (Å²) in [6.07, 6.45) is 2.00. The second-order valence-electron chi connectivity index (χ2n) is 4.21. The second kappa shape index (κ2) is 5.43. The standard InChI is InChI=1S/C16H12O3S/c1-20-13-8-6-12(7-9-13)18-16(17)15-10-11-4-2-3-5-14(11)19-15/h2-10H,1H3. The fourth-order valence-electron chi connectivity index (χ4n) is 1.88. The molecule has 4 heteroatoms. The lowest BCUT2D eigenvalue weighted by Gasteiger charge is -2.02. The quantitative estimate of drug-likeness (QED) is 0.406. The van der Waals surface area contributed by atoms with E-state index in [4.69, 9.17) is 9.15 Å². The van der Waals surface area contributed by atoms with Gasteiger partial charge in [-0.3, -0.25) is 0 Å². The van der Waals surface area contributed by atoms with Gasteiger partial charge in [0.05, 0.1) is 0 Å².